The van der Waals surface area contributed by atoms with Crippen LogP contribution in [0.25, 0.3) is 0 Å². The van der Waals surface area contributed by atoms with Crippen molar-refractivity contribution >= 4 is 25.9 Å². The number of primary sulfonamides is 1. The van der Waals surface area contributed by atoms with E-state index in [-0.39, 0.29) is 23.6 Å². The Kier molecular flexibility index (Phi) is 5.23. The SMILES string of the molecule is CNc1cc(S(=O)(=O)NCCCS(N)(=O)=O)ccn1. The first kappa shape index (κ1) is 15.8. The van der Waals surface area contributed by atoms with Crippen LogP contribution in [0.4, 0.5) is 5.82 Å². The Morgan fingerprint density at radius 1 is 1.32 bits per heavy atom. The third kappa shape index (κ3) is 5.51. The van der Waals surface area contributed by atoms with Crippen LogP contribution in [0.3, 0.4) is 0 Å². The lowest BCUT2D eigenvalue weighted by molar-refractivity contribution is 0.576. The number of rotatable bonds is 7. The predicted molar refractivity (Wildman–Crippen MR) is 71.6 cm³/mol. The first-order chi connectivity index (χ1) is 8.74. The summed E-state index contributed by atoms with van der Waals surface area (Å²) in [7, 11) is -5.62. The summed E-state index contributed by atoms with van der Waals surface area (Å²) in [5, 5.41) is 7.54. The molecule has 19 heavy (non-hydrogen) atoms. The van der Waals surface area contributed by atoms with E-state index in [2.05, 4.69) is 15.0 Å². The Balaban J connectivity index is 2.65. The van der Waals surface area contributed by atoms with Gasteiger partial charge in [0.15, 0.2) is 0 Å². The Labute approximate surface area is 112 Å². The predicted octanol–water partition coefficient (Wildman–Crippen LogP) is -0.920. The van der Waals surface area contributed by atoms with Gasteiger partial charge in [-0.1, -0.05) is 0 Å². The van der Waals surface area contributed by atoms with E-state index >= 15 is 0 Å². The number of nitrogens with zero attached hydrogens (tertiary/aromatic N) is 1. The Morgan fingerprint density at radius 2 is 2.00 bits per heavy atom. The molecular formula is C9H16N4O4S2. The first-order valence-electron chi connectivity index (χ1n) is 5.38. The van der Waals surface area contributed by atoms with Gasteiger partial charge in [0.25, 0.3) is 0 Å². The van der Waals surface area contributed by atoms with Crippen LogP contribution in [0.5, 0.6) is 0 Å². The van der Waals surface area contributed by atoms with E-state index in [9.17, 15) is 16.8 Å². The zero-order chi connectivity index (χ0) is 14.5. The van der Waals surface area contributed by atoms with Crippen molar-refractivity contribution in [1.29, 1.82) is 0 Å². The molecule has 1 aromatic heterocycles. The van der Waals surface area contributed by atoms with Crippen LogP contribution in [0.1, 0.15) is 6.42 Å². The molecule has 0 saturated heterocycles. The fourth-order valence-corrected chi connectivity index (χ4v) is 2.91. The molecule has 108 valence electrons. The molecule has 0 aliphatic carbocycles. The van der Waals surface area contributed by atoms with E-state index < -0.39 is 20.0 Å². The van der Waals surface area contributed by atoms with Crippen molar-refractivity contribution in [2.24, 2.45) is 5.14 Å². The number of pyridine rings is 1. The van der Waals surface area contributed by atoms with Gasteiger partial charge < -0.3 is 5.32 Å². The van der Waals surface area contributed by atoms with Crippen LogP contribution in [0, 0.1) is 0 Å². The molecule has 0 amide bonds. The summed E-state index contributed by atoms with van der Waals surface area (Å²) in [4.78, 5) is 3.96. The first-order valence-corrected chi connectivity index (χ1v) is 8.58. The standard InChI is InChI=1S/C9H16N4O4S2/c1-11-9-7-8(3-5-12-9)19(16,17)13-4-2-6-18(10,14)15/h3,5,7,13H,2,4,6H2,1H3,(H,11,12)(H2,10,14,15). The van der Waals surface area contributed by atoms with Crippen molar-refractivity contribution in [1.82, 2.24) is 9.71 Å². The third-order valence-electron chi connectivity index (χ3n) is 2.20. The summed E-state index contributed by atoms with van der Waals surface area (Å²) in [5.41, 5.74) is 0. The van der Waals surface area contributed by atoms with E-state index in [0.29, 0.717) is 5.82 Å². The average molecular weight is 308 g/mol. The fourth-order valence-electron chi connectivity index (χ4n) is 1.28. The maximum absolute atomic E-state index is 11.9. The number of nitrogens with one attached hydrogen (secondary N) is 2. The van der Waals surface area contributed by atoms with Gasteiger partial charge in [-0.3, -0.25) is 0 Å². The molecule has 10 heteroatoms. The maximum Gasteiger partial charge on any atom is 0.240 e. The molecule has 0 aromatic carbocycles. The second-order valence-corrected chi connectivity index (χ2v) is 7.25. The molecule has 1 heterocycles. The monoisotopic (exact) mass is 308 g/mol. The van der Waals surface area contributed by atoms with Crippen LogP contribution >= 0.6 is 0 Å². The Morgan fingerprint density at radius 3 is 2.58 bits per heavy atom. The van der Waals surface area contributed by atoms with Crippen LogP contribution in [-0.4, -0.2) is 41.2 Å². The lowest BCUT2D eigenvalue weighted by atomic mass is 10.5. The van der Waals surface area contributed by atoms with Crippen molar-refractivity contribution in [2.75, 3.05) is 24.7 Å². The summed E-state index contributed by atoms with van der Waals surface area (Å²) < 4.78 is 47.4. The molecule has 0 unspecified atom stereocenters. The highest BCUT2D eigenvalue weighted by molar-refractivity contribution is 7.89. The van der Waals surface area contributed by atoms with Gasteiger partial charge in [-0.15, -0.1) is 0 Å². The van der Waals surface area contributed by atoms with Gasteiger partial charge in [-0.25, -0.2) is 31.7 Å². The van der Waals surface area contributed by atoms with Crippen molar-refractivity contribution in [2.45, 2.75) is 11.3 Å². The largest absolute Gasteiger partial charge is 0.373 e. The topological polar surface area (TPSA) is 131 Å². The quantitative estimate of drug-likeness (QED) is 0.558. The molecular weight excluding hydrogens is 292 g/mol. The van der Waals surface area contributed by atoms with Crippen molar-refractivity contribution in [3.8, 4) is 0 Å². The number of aromatic nitrogens is 1. The minimum absolute atomic E-state index is 0.00399. The molecule has 0 fully saturated rings. The summed E-state index contributed by atoms with van der Waals surface area (Å²) in [6.07, 6.45) is 1.48. The van der Waals surface area contributed by atoms with E-state index in [4.69, 9.17) is 5.14 Å². The molecule has 0 aliphatic rings. The van der Waals surface area contributed by atoms with E-state index in [1.165, 1.54) is 18.3 Å². The maximum atomic E-state index is 11.9. The minimum Gasteiger partial charge on any atom is -0.373 e. The van der Waals surface area contributed by atoms with Crippen molar-refractivity contribution in [3.63, 3.8) is 0 Å². The van der Waals surface area contributed by atoms with E-state index in [1.807, 2.05) is 0 Å². The smallest absolute Gasteiger partial charge is 0.240 e. The zero-order valence-corrected chi connectivity index (χ0v) is 12.0. The summed E-state index contributed by atoms with van der Waals surface area (Å²) in [6.45, 7) is -0.00399. The molecule has 0 bridgehead atoms. The number of anilines is 1. The molecule has 0 radical (unpaired) electrons. The highest BCUT2D eigenvalue weighted by atomic mass is 32.2. The van der Waals surface area contributed by atoms with Gasteiger partial charge in [0.05, 0.1) is 10.6 Å². The van der Waals surface area contributed by atoms with E-state index in [1.54, 1.807) is 7.05 Å². The lowest BCUT2D eigenvalue weighted by Crippen LogP contribution is -2.27. The minimum atomic E-state index is -3.68. The van der Waals surface area contributed by atoms with Crippen molar-refractivity contribution in [3.05, 3.63) is 18.3 Å². The number of nitrogens with two attached hydrogens (primary N) is 1. The number of hydrogen-bond acceptors (Lipinski definition) is 6. The number of hydrogen-bond donors (Lipinski definition) is 3. The fraction of sp³-hybridized carbons (Fsp3) is 0.444. The highest BCUT2D eigenvalue weighted by Gasteiger charge is 2.14. The highest BCUT2D eigenvalue weighted by Crippen LogP contribution is 2.11. The normalized spacial score (nSPS) is 12.3. The Hall–Kier alpha value is -1.23. The van der Waals surface area contributed by atoms with Gasteiger partial charge in [-0.05, 0) is 12.5 Å². The zero-order valence-electron chi connectivity index (χ0n) is 10.3. The summed E-state index contributed by atoms with van der Waals surface area (Å²) >= 11 is 0. The lowest BCUT2D eigenvalue weighted by Gasteiger charge is -2.07. The van der Waals surface area contributed by atoms with Crippen LogP contribution < -0.4 is 15.2 Å². The molecule has 1 aromatic rings. The van der Waals surface area contributed by atoms with Gasteiger partial charge in [0, 0.05) is 25.9 Å². The molecule has 0 saturated carbocycles. The average Bonchev–Trinajstić information content (AvgIpc) is 2.34. The second kappa shape index (κ2) is 6.28. The number of sulfonamides is 2. The van der Waals surface area contributed by atoms with Crippen LogP contribution in [-0.2, 0) is 20.0 Å². The van der Waals surface area contributed by atoms with Crippen LogP contribution in [0.2, 0.25) is 0 Å². The van der Waals surface area contributed by atoms with Crippen molar-refractivity contribution < 1.29 is 16.8 Å². The second-order valence-electron chi connectivity index (χ2n) is 3.75. The summed E-state index contributed by atoms with van der Waals surface area (Å²) in [6, 6.07) is 2.73. The Bertz CT molecular complexity index is 627. The van der Waals surface area contributed by atoms with Crippen LogP contribution in [0.15, 0.2) is 23.2 Å². The van der Waals surface area contributed by atoms with Gasteiger partial charge in [-0.2, -0.15) is 0 Å². The molecule has 1 rings (SSSR count). The summed E-state index contributed by atoms with van der Waals surface area (Å²) in [5.74, 6) is 0.153. The molecule has 8 nitrogen and oxygen atoms in total. The van der Waals surface area contributed by atoms with Gasteiger partial charge in [0.1, 0.15) is 5.82 Å². The molecule has 0 spiro atoms. The van der Waals surface area contributed by atoms with E-state index in [0.717, 1.165) is 0 Å². The molecule has 4 N–H and O–H groups in total. The van der Waals surface area contributed by atoms with Gasteiger partial charge >= 0.3 is 0 Å². The molecule has 0 aliphatic heterocycles. The van der Waals surface area contributed by atoms with Gasteiger partial charge in [0.2, 0.25) is 20.0 Å². The third-order valence-corrected chi connectivity index (χ3v) is 4.51. The molecule has 0 atom stereocenters.